The molecule has 0 aromatic rings. The minimum atomic E-state index is -2.83. The predicted octanol–water partition coefficient (Wildman–Crippen LogP) is 4.08. The van der Waals surface area contributed by atoms with Crippen LogP contribution in [0.4, 0.5) is 0 Å². The van der Waals surface area contributed by atoms with Crippen molar-refractivity contribution in [2.75, 3.05) is 19.4 Å². The normalized spacial score (nSPS) is 26.9. The molecule has 96 valence electrons. The first-order chi connectivity index (χ1) is 7.61. The number of hydrogen-bond acceptors (Lipinski definition) is 3. The Morgan fingerprint density at radius 3 is 2.19 bits per heavy atom. The Kier molecular flexibility index (Phi) is 6.02. The molecule has 3 nitrogen and oxygen atoms in total. The maximum atomic E-state index is 12.4. The Morgan fingerprint density at radius 2 is 1.69 bits per heavy atom. The van der Waals surface area contributed by atoms with Crippen molar-refractivity contribution in [2.45, 2.75) is 46.5 Å². The first kappa shape index (κ1) is 14.2. The van der Waals surface area contributed by atoms with Gasteiger partial charge < -0.3 is 9.05 Å². The van der Waals surface area contributed by atoms with Crippen LogP contribution in [0.25, 0.3) is 0 Å². The fourth-order valence-electron chi connectivity index (χ4n) is 2.49. The quantitative estimate of drug-likeness (QED) is 0.664. The largest absolute Gasteiger partial charge is 0.330 e. The summed E-state index contributed by atoms with van der Waals surface area (Å²) >= 11 is 0. The predicted molar refractivity (Wildman–Crippen MR) is 66.8 cm³/mol. The van der Waals surface area contributed by atoms with Gasteiger partial charge in [0.15, 0.2) is 0 Å². The second kappa shape index (κ2) is 6.78. The highest BCUT2D eigenvalue weighted by atomic mass is 31.2. The van der Waals surface area contributed by atoms with Crippen LogP contribution >= 0.6 is 7.60 Å². The van der Waals surface area contributed by atoms with Crippen LogP contribution in [-0.4, -0.2) is 19.4 Å². The summed E-state index contributed by atoms with van der Waals surface area (Å²) in [6.07, 6.45) is 5.60. The molecule has 4 heteroatoms. The summed E-state index contributed by atoms with van der Waals surface area (Å²) in [6, 6.07) is 0. The highest BCUT2D eigenvalue weighted by Gasteiger charge is 2.32. The topological polar surface area (TPSA) is 35.5 Å². The van der Waals surface area contributed by atoms with Gasteiger partial charge in [-0.25, -0.2) is 0 Å². The second-order valence-corrected chi connectivity index (χ2v) is 6.75. The molecule has 2 atom stereocenters. The van der Waals surface area contributed by atoms with Gasteiger partial charge in [-0.05, 0) is 32.1 Å². The van der Waals surface area contributed by atoms with Crippen molar-refractivity contribution in [3.63, 3.8) is 0 Å². The van der Waals surface area contributed by atoms with Crippen LogP contribution < -0.4 is 0 Å². The van der Waals surface area contributed by atoms with Gasteiger partial charge in [-0.1, -0.05) is 26.2 Å². The van der Waals surface area contributed by atoms with E-state index in [0.717, 1.165) is 0 Å². The van der Waals surface area contributed by atoms with Gasteiger partial charge in [0, 0.05) is 0 Å². The molecule has 1 aliphatic carbocycles. The van der Waals surface area contributed by atoms with Crippen molar-refractivity contribution in [3.8, 4) is 0 Å². The van der Waals surface area contributed by atoms with Crippen molar-refractivity contribution in [2.24, 2.45) is 11.8 Å². The molecule has 0 bridgehead atoms. The second-order valence-electron chi connectivity index (χ2n) is 4.65. The van der Waals surface area contributed by atoms with Crippen LogP contribution in [-0.2, 0) is 13.6 Å². The fraction of sp³-hybridized carbons (Fsp3) is 1.00. The van der Waals surface area contributed by atoms with Crippen LogP contribution in [0, 0.1) is 11.8 Å². The first-order valence-electron chi connectivity index (χ1n) is 6.49. The van der Waals surface area contributed by atoms with Gasteiger partial charge in [0.1, 0.15) is 0 Å². The first-order valence-corrected chi connectivity index (χ1v) is 8.22. The van der Waals surface area contributed by atoms with Crippen LogP contribution in [0.3, 0.4) is 0 Å². The average molecular weight is 248 g/mol. The molecule has 16 heavy (non-hydrogen) atoms. The Labute approximate surface area is 99.4 Å². The van der Waals surface area contributed by atoms with Crippen molar-refractivity contribution in [1.82, 2.24) is 0 Å². The van der Waals surface area contributed by atoms with E-state index in [-0.39, 0.29) is 0 Å². The molecule has 0 aromatic carbocycles. The van der Waals surface area contributed by atoms with E-state index in [4.69, 9.17) is 9.05 Å². The van der Waals surface area contributed by atoms with Crippen molar-refractivity contribution < 1.29 is 13.6 Å². The Bertz CT molecular complexity index is 232. The highest BCUT2D eigenvalue weighted by Crippen LogP contribution is 2.52. The minimum Gasteiger partial charge on any atom is -0.309 e. The van der Waals surface area contributed by atoms with E-state index in [1.54, 1.807) is 0 Å². The summed E-state index contributed by atoms with van der Waals surface area (Å²) in [6.45, 7) is 6.94. The van der Waals surface area contributed by atoms with Gasteiger partial charge in [-0.3, -0.25) is 4.57 Å². The molecule has 0 heterocycles. The fourth-order valence-corrected chi connectivity index (χ4v) is 4.68. The van der Waals surface area contributed by atoms with E-state index in [1.165, 1.54) is 25.7 Å². The third kappa shape index (κ3) is 4.20. The summed E-state index contributed by atoms with van der Waals surface area (Å²) < 4.78 is 23.1. The lowest BCUT2D eigenvalue weighted by molar-refractivity contribution is 0.201. The van der Waals surface area contributed by atoms with E-state index < -0.39 is 7.60 Å². The van der Waals surface area contributed by atoms with Gasteiger partial charge in [0.05, 0.1) is 19.4 Å². The lowest BCUT2D eigenvalue weighted by atomic mass is 9.82. The maximum absolute atomic E-state index is 12.4. The van der Waals surface area contributed by atoms with Crippen LogP contribution in [0.5, 0.6) is 0 Å². The smallest absolute Gasteiger partial charge is 0.309 e. The highest BCUT2D eigenvalue weighted by molar-refractivity contribution is 7.53. The lowest BCUT2D eigenvalue weighted by Crippen LogP contribution is -2.21. The number of hydrogen-bond donors (Lipinski definition) is 0. The maximum Gasteiger partial charge on any atom is 0.330 e. The van der Waals surface area contributed by atoms with E-state index in [0.29, 0.717) is 31.2 Å². The molecule has 1 saturated carbocycles. The summed E-state index contributed by atoms with van der Waals surface area (Å²) in [4.78, 5) is 0. The average Bonchev–Trinajstić information content (AvgIpc) is 2.22. The van der Waals surface area contributed by atoms with E-state index in [9.17, 15) is 4.57 Å². The zero-order valence-corrected chi connectivity index (χ0v) is 11.7. The molecule has 0 amide bonds. The molecule has 0 aromatic heterocycles. The number of rotatable bonds is 6. The summed E-state index contributed by atoms with van der Waals surface area (Å²) in [5.41, 5.74) is 0. The van der Waals surface area contributed by atoms with Crippen molar-refractivity contribution in [3.05, 3.63) is 0 Å². The Morgan fingerprint density at radius 1 is 1.12 bits per heavy atom. The zero-order valence-electron chi connectivity index (χ0n) is 10.8. The van der Waals surface area contributed by atoms with Gasteiger partial charge >= 0.3 is 7.60 Å². The molecule has 0 spiro atoms. The standard InChI is InChI=1S/C12H25O3P/c1-4-14-16(13,15-5-2)10-12-9-7-6-8-11(12)3/h11-12H,4-10H2,1-3H3. The van der Waals surface area contributed by atoms with Gasteiger partial charge in [-0.15, -0.1) is 0 Å². The van der Waals surface area contributed by atoms with Gasteiger partial charge in [0.2, 0.25) is 0 Å². The third-order valence-corrected chi connectivity index (χ3v) is 5.62. The van der Waals surface area contributed by atoms with Gasteiger partial charge in [0.25, 0.3) is 0 Å². The SMILES string of the molecule is CCOP(=O)(CC1CCCCC1C)OCC. The monoisotopic (exact) mass is 248 g/mol. The molecule has 1 rings (SSSR count). The van der Waals surface area contributed by atoms with Crippen molar-refractivity contribution in [1.29, 1.82) is 0 Å². The molecule has 0 saturated heterocycles. The summed E-state index contributed by atoms with van der Waals surface area (Å²) in [5.74, 6) is 1.17. The lowest BCUT2D eigenvalue weighted by Gasteiger charge is -2.31. The van der Waals surface area contributed by atoms with Crippen molar-refractivity contribution >= 4 is 7.60 Å². The molecular weight excluding hydrogens is 223 g/mol. The van der Waals surface area contributed by atoms with Crippen LogP contribution in [0.1, 0.15) is 46.5 Å². The molecule has 1 aliphatic rings. The van der Waals surface area contributed by atoms with Gasteiger partial charge in [-0.2, -0.15) is 0 Å². The van der Waals surface area contributed by atoms with E-state index in [1.807, 2.05) is 13.8 Å². The van der Waals surface area contributed by atoms with Crippen LogP contribution in [0.2, 0.25) is 0 Å². The third-order valence-electron chi connectivity index (χ3n) is 3.40. The Hall–Kier alpha value is 0.150. The summed E-state index contributed by atoms with van der Waals surface area (Å²) in [5, 5.41) is 0. The molecule has 1 fully saturated rings. The van der Waals surface area contributed by atoms with E-state index >= 15 is 0 Å². The molecule has 0 N–H and O–H groups in total. The molecular formula is C12H25O3P. The van der Waals surface area contributed by atoms with E-state index in [2.05, 4.69) is 6.92 Å². The van der Waals surface area contributed by atoms with Crippen LogP contribution in [0.15, 0.2) is 0 Å². The minimum absolute atomic E-state index is 0.471. The summed E-state index contributed by atoms with van der Waals surface area (Å²) in [7, 11) is -2.83. The zero-order chi connectivity index (χ0) is 12.0. The molecule has 0 aliphatic heterocycles. The molecule has 2 unspecified atom stereocenters. The molecule has 0 radical (unpaired) electrons. The Balaban J connectivity index is 2.55.